The summed E-state index contributed by atoms with van der Waals surface area (Å²) >= 11 is 0. The number of nitrogens with one attached hydrogen (secondary N) is 1. The van der Waals surface area contributed by atoms with Crippen LogP contribution in [0.25, 0.3) is 0 Å². The molecule has 1 saturated heterocycles. The summed E-state index contributed by atoms with van der Waals surface area (Å²) in [6, 6.07) is 11.1. The minimum atomic E-state index is -5.22. The van der Waals surface area contributed by atoms with Crippen LogP contribution in [0.5, 0.6) is 5.75 Å². The number of halogens is 6. The van der Waals surface area contributed by atoms with E-state index in [0.717, 1.165) is 25.9 Å². The van der Waals surface area contributed by atoms with Crippen molar-refractivity contribution >= 4 is 17.3 Å². The van der Waals surface area contributed by atoms with E-state index < -0.39 is 23.9 Å². The average Bonchev–Trinajstić information content (AvgIpc) is 2.92. The van der Waals surface area contributed by atoms with Gasteiger partial charge in [-0.3, -0.25) is 4.79 Å². The maximum Gasteiger partial charge on any atom is 0.573 e. The molecule has 5 nitrogen and oxygen atoms in total. The number of anilines is 2. The van der Waals surface area contributed by atoms with E-state index in [1.807, 2.05) is 4.90 Å². The van der Waals surface area contributed by atoms with Crippen LogP contribution in [-0.4, -0.2) is 49.4 Å². The third-order valence-corrected chi connectivity index (χ3v) is 8.69. The van der Waals surface area contributed by atoms with Gasteiger partial charge in [-0.15, -0.1) is 13.2 Å². The highest BCUT2D eigenvalue weighted by atomic mass is 19.4. The van der Waals surface area contributed by atoms with Crippen LogP contribution in [0.15, 0.2) is 42.5 Å². The third-order valence-electron chi connectivity index (χ3n) is 8.69. The van der Waals surface area contributed by atoms with Crippen LogP contribution in [0.3, 0.4) is 0 Å². The van der Waals surface area contributed by atoms with Gasteiger partial charge in [0, 0.05) is 50.0 Å². The summed E-state index contributed by atoms with van der Waals surface area (Å²) in [5, 5.41) is 3.05. The Kier molecular flexibility index (Phi) is 9.81. The van der Waals surface area contributed by atoms with E-state index in [1.165, 1.54) is 17.3 Å². The predicted molar refractivity (Wildman–Crippen MR) is 155 cm³/mol. The van der Waals surface area contributed by atoms with Gasteiger partial charge in [0.1, 0.15) is 5.75 Å². The van der Waals surface area contributed by atoms with Crippen LogP contribution in [0.1, 0.15) is 70.9 Å². The van der Waals surface area contributed by atoms with Crippen molar-refractivity contribution in [3.05, 3.63) is 53.6 Å². The van der Waals surface area contributed by atoms with E-state index in [0.29, 0.717) is 50.4 Å². The summed E-state index contributed by atoms with van der Waals surface area (Å²) in [5.41, 5.74) is 1.17. The highest BCUT2D eigenvalue weighted by Crippen LogP contribution is 2.41. The summed E-state index contributed by atoms with van der Waals surface area (Å²) < 4.78 is 81.5. The van der Waals surface area contributed by atoms with Crippen molar-refractivity contribution in [3.8, 4) is 5.75 Å². The lowest BCUT2D eigenvalue weighted by Crippen LogP contribution is -2.49. The molecule has 0 radical (unpaired) electrons. The fourth-order valence-corrected chi connectivity index (χ4v) is 6.08. The first-order valence-corrected chi connectivity index (χ1v) is 14.9. The van der Waals surface area contributed by atoms with Crippen LogP contribution in [0.2, 0.25) is 0 Å². The average molecular weight is 614 g/mol. The molecule has 1 unspecified atom stereocenters. The molecule has 1 aliphatic carbocycles. The number of rotatable bonds is 7. The number of ether oxygens (including phenoxy) is 1. The highest BCUT2D eigenvalue weighted by molar-refractivity contribution is 5.76. The Morgan fingerprint density at radius 2 is 1.51 bits per heavy atom. The zero-order valence-corrected chi connectivity index (χ0v) is 25.1. The van der Waals surface area contributed by atoms with E-state index in [1.54, 1.807) is 0 Å². The van der Waals surface area contributed by atoms with Crippen LogP contribution in [0.4, 0.5) is 37.7 Å². The van der Waals surface area contributed by atoms with E-state index >= 15 is 0 Å². The van der Waals surface area contributed by atoms with Gasteiger partial charge in [0.25, 0.3) is 0 Å². The predicted octanol–water partition coefficient (Wildman–Crippen LogP) is 8.25. The number of nitrogens with zero attached hydrogens (tertiary/aromatic N) is 2. The lowest BCUT2D eigenvalue weighted by Gasteiger charge is -2.38. The molecule has 2 aliphatic rings. The second kappa shape index (κ2) is 12.9. The fraction of sp³-hybridized carbons (Fsp3) is 0.594. The molecule has 43 heavy (non-hydrogen) atoms. The standard InChI is InChI=1S/C32H41F6N3O2/c1-21(19-29(42)41-17-15-40(16-18-41)26-12-7-23(8-13-26)30(2,3)4)22-5-9-24(10-6-22)39-25-11-14-28(43-32(36,37)38)27(20-25)31(33,34)35/h7-8,11-14,20-22,24,39H,5-6,9-10,15-19H2,1-4H3. The van der Waals surface area contributed by atoms with E-state index in [-0.39, 0.29) is 29.0 Å². The van der Waals surface area contributed by atoms with Crippen molar-refractivity contribution in [1.29, 1.82) is 0 Å². The molecule has 0 aromatic heterocycles. The maximum absolute atomic E-state index is 13.4. The minimum Gasteiger partial charge on any atom is -0.405 e. The molecule has 2 aromatic carbocycles. The first kappa shape index (κ1) is 32.8. The van der Waals surface area contributed by atoms with Crippen molar-refractivity contribution < 1.29 is 35.9 Å². The number of amides is 1. The normalized spacial score (nSPS) is 21.0. The number of benzene rings is 2. The SMILES string of the molecule is CC(CC(=O)N1CCN(c2ccc(C(C)(C)C)cc2)CC1)C1CCC(Nc2ccc(OC(F)(F)F)c(C(F)(F)F)c2)CC1. The maximum atomic E-state index is 13.4. The van der Waals surface area contributed by atoms with Gasteiger partial charge in [0.05, 0.1) is 5.56 Å². The Morgan fingerprint density at radius 3 is 2.05 bits per heavy atom. The summed E-state index contributed by atoms with van der Waals surface area (Å²) in [7, 11) is 0. The lowest BCUT2D eigenvalue weighted by molar-refractivity contribution is -0.276. The Hall–Kier alpha value is -3.11. The first-order valence-electron chi connectivity index (χ1n) is 14.9. The van der Waals surface area contributed by atoms with Crippen molar-refractivity contribution in [2.24, 2.45) is 11.8 Å². The summed E-state index contributed by atoms with van der Waals surface area (Å²) in [6.07, 6.45) is -6.76. The number of hydrogen-bond donors (Lipinski definition) is 1. The van der Waals surface area contributed by atoms with E-state index in [2.05, 4.69) is 66.9 Å². The number of alkyl halides is 6. The Balaban J connectivity index is 1.23. The van der Waals surface area contributed by atoms with Crippen molar-refractivity contribution in [3.63, 3.8) is 0 Å². The minimum absolute atomic E-state index is 0.0952. The quantitative estimate of drug-likeness (QED) is 0.320. The molecule has 1 atom stereocenters. The van der Waals surface area contributed by atoms with Gasteiger partial charge < -0.3 is 19.9 Å². The molecule has 4 rings (SSSR count). The number of carbonyl (C=O) groups excluding carboxylic acids is 1. The van der Waals surface area contributed by atoms with Gasteiger partial charge in [-0.2, -0.15) is 13.2 Å². The molecule has 0 bridgehead atoms. The molecule has 1 saturated carbocycles. The molecule has 2 fully saturated rings. The van der Waals surface area contributed by atoms with Crippen molar-refractivity contribution in [2.45, 2.75) is 83.8 Å². The molecular formula is C32H41F6N3O2. The van der Waals surface area contributed by atoms with Gasteiger partial charge in [-0.05, 0) is 78.8 Å². The number of piperazine rings is 1. The second-order valence-corrected chi connectivity index (χ2v) is 12.9. The fourth-order valence-electron chi connectivity index (χ4n) is 6.08. The smallest absolute Gasteiger partial charge is 0.405 e. The van der Waals surface area contributed by atoms with Gasteiger partial charge in [-0.25, -0.2) is 0 Å². The van der Waals surface area contributed by atoms with Crippen molar-refractivity contribution in [1.82, 2.24) is 4.90 Å². The summed E-state index contributed by atoms with van der Waals surface area (Å²) in [6.45, 7) is 11.6. The Morgan fingerprint density at radius 1 is 0.907 bits per heavy atom. The molecule has 0 spiro atoms. The molecule has 238 valence electrons. The monoisotopic (exact) mass is 613 g/mol. The van der Waals surface area contributed by atoms with E-state index in [9.17, 15) is 31.1 Å². The Bertz CT molecular complexity index is 1220. The van der Waals surface area contributed by atoms with Gasteiger partial charge in [0.15, 0.2) is 0 Å². The molecule has 1 heterocycles. The molecule has 2 aromatic rings. The zero-order valence-electron chi connectivity index (χ0n) is 25.1. The largest absolute Gasteiger partial charge is 0.573 e. The molecule has 1 amide bonds. The van der Waals surface area contributed by atoms with Gasteiger partial charge >= 0.3 is 12.5 Å². The zero-order chi connectivity index (χ0) is 31.6. The van der Waals surface area contributed by atoms with Crippen molar-refractivity contribution in [2.75, 3.05) is 36.4 Å². The number of carbonyl (C=O) groups is 1. The molecule has 11 heteroatoms. The van der Waals surface area contributed by atoms with Gasteiger partial charge in [-0.1, -0.05) is 39.8 Å². The molecule has 1 aliphatic heterocycles. The summed E-state index contributed by atoms with van der Waals surface area (Å²) in [4.78, 5) is 17.4. The lowest BCUT2D eigenvalue weighted by atomic mass is 9.77. The van der Waals surface area contributed by atoms with Crippen LogP contribution >= 0.6 is 0 Å². The van der Waals surface area contributed by atoms with Crippen LogP contribution in [-0.2, 0) is 16.4 Å². The number of hydrogen-bond acceptors (Lipinski definition) is 4. The van der Waals surface area contributed by atoms with Crippen LogP contribution < -0.4 is 15.0 Å². The van der Waals surface area contributed by atoms with Gasteiger partial charge in [0.2, 0.25) is 5.91 Å². The molecular weight excluding hydrogens is 572 g/mol. The van der Waals surface area contributed by atoms with E-state index in [4.69, 9.17) is 0 Å². The highest BCUT2D eigenvalue weighted by Gasteiger charge is 2.40. The molecule has 1 N–H and O–H groups in total. The third kappa shape index (κ3) is 8.95. The summed E-state index contributed by atoms with van der Waals surface area (Å²) in [5.74, 6) is -0.634. The topological polar surface area (TPSA) is 44.8 Å². The first-order chi connectivity index (χ1) is 20.0. The Labute approximate surface area is 249 Å². The van der Waals surface area contributed by atoms with Crippen LogP contribution in [0, 0.1) is 11.8 Å². The second-order valence-electron chi connectivity index (χ2n) is 12.9.